The highest BCUT2D eigenvalue weighted by atomic mass is 16.6. The van der Waals surface area contributed by atoms with E-state index in [0.717, 1.165) is 11.3 Å². The molecule has 2 atom stereocenters. The zero-order valence-electron chi connectivity index (χ0n) is 11.4. The van der Waals surface area contributed by atoms with E-state index in [-0.39, 0.29) is 25.8 Å². The Balaban J connectivity index is 1.88. The molecule has 0 aliphatic carbocycles. The maximum Gasteiger partial charge on any atom is 0.410 e. The van der Waals surface area contributed by atoms with Crippen molar-refractivity contribution in [2.24, 2.45) is 0 Å². The number of nitrogens with zero attached hydrogens (tertiary/aromatic N) is 1. The first kappa shape index (κ1) is 14.6. The SMILES string of the molecule is COc1ccc(COC(=O)N2C[C@H](O)C[C@H]2CO)cc1. The summed E-state index contributed by atoms with van der Waals surface area (Å²) in [5, 5.41) is 18.7. The summed E-state index contributed by atoms with van der Waals surface area (Å²) < 4.78 is 10.2. The van der Waals surface area contributed by atoms with Crippen molar-refractivity contribution in [1.29, 1.82) is 0 Å². The van der Waals surface area contributed by atoms with Gasteiger partial charge in [0.1, 0.15) is 12.4 Å². The van der Waals surface area contributed by atoms with Crippen LogP contribution >= 0.6 is 0 Å². The number of amides is 1. The van der Waals surface area contributed by atoms with Crippen molar-refractivity contribution in [2.75, 3.05) is 20.3 Å². The lowest BCUT2D eigenvalue weighted by Gasteiger charge is -2.21. The highest BCUT2D eigenvalue weighted by Crippen LogP contribution is 2.19. The number of carbonyl (C=O) groups excluding carboxylic acids is 1. The van der Waals surface area contributed by atoms with Gasteiger partial charge in [-0.3, -0.25) is 0 Å². The lowest BCUT2D eigenvalue weighted by molar-refractivity contribution is 0.0772. The molecule has 1 aromatic carbocycles. The molecule has 0 unspecified atom stereocenters. The minimum atomic E-state index is -0.597. The van der Waals surface area contributed by atoms with E-state index < -0.39 is 12.2 Å². The van der Waals surface area contributed by atoms with E-state index in [1.807, 2.05) is 12.1 Å². The lowest BCUT2D eigenvalue weighted by atomic mass is 10.2. The van der Waals surface area contributed by atoms with Crippen LogP contribution in [0.15, 0.2) is 24.3 Å². The smallest absolute Gasteiger partial charge is 0.410 e. The normalized spacial score (nSPS) is 21.9. The van der Waals surface area contributed by atoms with Crippen molar-refractivity contribution in [3.8, 4) is 5.75 Å². The fraction of sp³-hybridized carbons (Fsp3) is 0.500. The standard InChI is InChI=1S/C14H19NO5/c1-19-13-4-2-10(3-5-13)9-20-14(18)15-7-12(17)6-11(15)8-16/h2-5,11-12,16-17H,6-9H2,1H3/t11-,12+/m0/s1. The predicted octanol–water partition coefficient (Wildman–Crippen LogP) is 0.759. The number of β-amino-alcohol motifs (C(OH)–C–C–N with tert-alkyl or cyclic N) is 1. The molecule has 0 bridgehead atoms. The third kappa shape index (κ3) is 3.40. The van der Waals surface area contributed by atoms with Gasteiger partial charge in [-0.2, -0.15) is 0 Å². The van der Waals surface area contributed by atoms with Crippen molar-refractivity contribution in [2.45, 2.75) is 25.2 Å². The summed E-state index contributed by atoms with van der Waals surface area (Å²) in [6, 6.07) is 6.84. The van der Waals surface area contributed by atoms with Crippen LogP contribution in [0.1, 0.15) is 12.0 Å². The monoisotopic (exact) mass is 281 g/mol. The van der Waals surface area contributed by atoms with Gasteiger partial charge in [0.2, 0.25) is 0 Å². The van der Waals surface area contributed by atoms with Crippen molar-refractivity contribution >= 4 is 6.09 Å². The number of aliphatic hydroxyl groups is 2. The number of carbonyl (C=O) groups is 1. The van der Waals surface area contributed by atoms with Crippen molar-refractivity contribution in [3.05, 3.63) is 29.8 Å². The number of methoxy groups -OCH3 is 1. The Kier molecular flexibility index (Phi) is 4.81. The van der Waals surface area contributed by atoms with Crippen molar-refractivity contribution in [1.82, 2.24) is 4.90 Å². The first-order valence-corrected chi connectivity index (χ1v) is 6.49. The van der Waals surface area contributed by atoms with Crippen LogP contribution in [0.5, 0.6) is 5.75 Å². The molecular formula is C14H19NO5. The third-order valence-corrected chi connectivity index (χ3v) is 3.36. The summed E-state index contributed by atoms with van der Waals surface area (Å²) in [6.45, 7) is 0.176. The van der Waals surface area contributed by atoms with Gasteiger partial charge in [-0.15, -0.1) is 0 Å². The number of hydrogen-bond donors (Lipinski definition) is 2. The molecule has 1 saturated heterocycles. The van der Waals surface area contributed by atoms with Crippen molar-refractivity contribution in [3.63, 3.8) is 0 Å². The first-order chi connectivity index (χ1) is 9.63. The molecule has 2 N–H and O–H groups in total. The highest BCUT2D eigenvalue weighted by Gasteiger charge is 2.34. The van der Waals surface area contributed by atoms with Crippen LogP contribution in [0.25, 0.3) is 0 Å². The topological polar surface area (TPSA) is 79.2 Å². The fourth-order valence-electron chi connectivity index (χ4n) is 2.24. The molecule has 1 aliphatic heterocycles. The molecule has 6 nitrogen and oxygen atoms in total. The Morgan fingerprint density at radius 1 is 1.40 bits per heavy atom. The molecule has 20 heavy (non-hydrogen) atoms. The van der Waals surface area contributed by atoms with Crippen LogP contribution < -0.4 is 4.74 Å². The van der Waals surface area contributed by atoms with Crippen LogP contribution in [0.3, 0.4) is 0 Å². The Hall–Kier alpha value is -1.79. The molecular weight excluding hydrogens is 262 g/mol. The summed E-state index contributed by atoms with van der Waals surface area (Å²) in [4.78, 5) is 13.3. The van der Waals surface area contributed by atoms with Gasteiger partial charge in [-0.1, -0.05) is 12.1 Å². The van der Waals surface area contributed by atoms with E-state index in [9.17, 15) is 15.0 Å². The second-order valence-corrected chi connectivity index (χ2v) is 4.78. The van der Waals surface area contributed by atoms with E-state index in [2.05, 4.69) is 0 Å². The maximum atomic E-state index is 11.9. The highest BCUT2D eigenvalue weighted by molar-refractivity contribution is 5.68. The number of likely N-dealkylation sites (tertiary alicyclic amines) is 1. The summed E-state index contributed by atoms with van der Waals surface area (Å²) in [7, 11) is 1.59. The fourth-order valence-corrected chi connectivity index (χ4v) is 2.24. The Labute approximate surface area is 117 Å². The average molecular weight is 281 g/mol. The molecule has 1 heterocycles. The number of aliphatic hydroxyl groups excluding tert-OH is 2. The molecule has 1 aliphatic rings. The van der Waals surface area contributed by atoms with Gasteiger partial charge in [-0.25, -0.2) is 4.79 Å². The minimum absolute atomic E-state index is 0.146. The van der Waals surface area contributed by atoms with Gasteiger partial charge in [0.05, 0.1) is 32.4 Å². The number of rotatable bonds is 4. The predicted molar refractivity (Wildman–Crippen MR) is 71.4 cm³/mol. The zero-order valence-corrected chi connectivity index (χ0v) is 11.4. The van der Waals surface area contributed by atoms with Gasteiger partial charge in [-0.05, 0) is 24.1 Å². The van der Waals surface area contributed by atoms with Gasteiger partial charge in [0.25, 0.3) is 0 Å². The second kappa shape index (κ2) is 6.58. The molecule has 0 saturated carbocycles. The lowest BCUT2D eigenvalue weighted by Crippen LogP contribution is -2.38. The summed E-state index contributed by atoms with van der Waals surface area (Å²) >= 11 is 0. The first-order valence-electron chi connectivity index (χ1n) is 6.49. The molecule has 2 rings (SSSR count). The van der Waals surface area contributed by atoms with Gasteiger partial charge in [0, 0.05) is 0 Å². The van der Waals surface area contributed by atoms with E-state index in [4.69, 9.17) is 9.47 Å². The Morgan fingerprint density at radius 3 is 2.70 bits per heavy atom. The number of ether oxygens (including phenoxy) is 2. The van der Waals surface area contributed by atoms with Crippen LogP contribution in [0.2, 0.25) is 0 Å². The summed E-state index contributed by atoms with van der Waals surface area (Å²) in [6.07, 6.45) is -0.731. The van der Waals surface area contributed by atoms with Crippen molar-refractivity contribution < 1.29 is 24.5 Å². The van der Waals surface area contributed by atoms with Gasteiger partial charge < -0.3 is 24.6 Å². The molecule has 0 aromatic heterocycles. The largest absolute Gasteiger partial charge is 0.497 e. The van der Waals surface area contributed by atoms with Gasteiger partial charge in [0.15, 0.2) is 0 Å². The molecule has 0 spiro atoms. The maximum absolute atomic E-state index is 11.9. The molecule has 1 fully saturated rings. The summed E-state index contributed by atoms with van der Waals surface area (Å²) in [5.41, 5.74) is 0.847. The Bertz CT molecular complexity index is 447. The number of hydrogen-bond acceptors (Lipinski definition) is 5. The van der Waals surface area contributed by atoms with Crippen LogP contribution in [-0.2, 0) is 11.3 Å². The minimum Gasteiger partial charge on any atom is -0.497 e. The Morgan fingerprint density at radius 2 is 2.10 bits per heavy atom. The van der Waals surface area contributed by atoms with E-state index in [1.165, 1.54) is 4.90 Å². The van der Waals surface area contributed by atoms with Crippen LogP contribution in [0, 0.1) is 0 Å². The van der Waals surface area contributed by atoms with Gasteiger partial charge >= 0.3 is 6.09 Å². The molecule has 0 radical (unpaired) electrons. The molecule has 1 amide bonds. The van der Waals surface area contributed by atoms with E-state index >= 15 is 0 Å². The third-order valence-electron chi connectivity index (χ3n) is 3.36. The van der Waals surface area contributed by atoms with Crippen LogP contribution in [-0.4, -0.2) is 53.6 Å². The number of benzene rings is 1. The molecule has 6 heteroatoms. The van der Waals surface area contributed by atoms with Crippen LogP contribution in [0.4, 0.5) is 4.79 Å². The summed E-state index contributed by atoms with van der Waals surface area (Å²) in [5.74, 6) is 0.739. The van der Waals surface area contributed by atoms with E-state index in [0.29, 0.717) is 6.42 Å². The zero-order chi connectivity index (χ0) is 14.5. The quantitative estimate of drug-likeness (QED) is 0.852. The average Bonchev–Trinajstić information content (AvgIpc) is 2.86. The second-order valence-electron chi connectivity index (χ2n) is 4.78. The molecule has 110 valence electrons. The molecule has 1 aromatic rings. The van der Waals surface area contributed by atoms with E-state index in [1.54, 1.807) is 19.2 Å².